The molecule has 0 aliphatic carbocycles. The number of hydrogen-bond donors (Lipinski definition) is 2. The van der Waals surface area contributed by atoms with Crippen molar-refractivity contribution in [3.63, 3.8) is 0 Å². The van der Waals surface area contributed by atoms with Crippen LogP contribution in [0.15, 0.2) is 41.5 Å². The van der Waals surface area contributed by atoms with Crippen LogP contribution in [0.25, 0.3) is 0 Å². The van der Waals surface area contributed by atoms with Crippen molar-refractivity contribution in [3.8, 4) is 0 Å². The highest BCUT2D eigenvalue weighted by molar-refractivity contribution is 6.29. The van der Waals surface area contributed by atoms with Crippen molar-refractivity contribution in [1.29, 1.82) is 0 Å². The van der Waals surface area contributed by atoms with Crippen LogP contribution in [0.1, 0.15) is 15.9 Å². The number of hydrogen-bond acceptors (Lipinski definition) is 4. The monoisotopic (exact) mass is 293 g/mol. The highest BCUT2D eigenvalue weighted by Crippen LogP contribution is 2.16. The summed E-state index contributed by atoms with van der Waals surface area (Å²) >= 11 is 5.70. The van der Waals surface area contributed by atoms with Gasteiger partial charge in [0.25, 0.3) is 0 Å². The minimum atomic E-state index is -1.14. The van der Waals surface area contributed by atoms with E-state index in [0.29, 0.717) is 5.56 Å². The Labute approximate surface area is 118 Å². The summed E-state index contributed by atoms with van der Waals surface area (Å²) in [6.07, 6.45) is 1.41. The first kappa shape index (κ1) is 14.0. The van der Waals surface area contributed by atoms with Gasteiger partial charge in [0.15, 0.2) is 5.82 Å². The number of aromatic nitrogens is 1. The largest absolute Gasteiger partial charge is 0.478 e. The summed E-state index contributed by atoms with van der Waals surface area (Å²) in [6.45, 7) is 0. The SMILES string of the molecule is O=C(O)c1ccc(Cl)nc1N/N=C/c1ccc(F)cc1. The maximum atomic E-state index is 12.7. The third-order valence-corrected chi connectivity index (χ3v) is 2.56. The second kappa shape index (κ2) is 6.12. The fourth-order valence-electron chi connectivity index (χ4n) is 1.41. The molecule has 0 saturated heterocycles. The first-order valence-electron chi connectivity index (χ1n) is 5.51. The molecule has 0 bridgehead atoms. The Morgan fingerprint density at radius 3 is 2.65 bits per heavy atom. The third kappa shape index (κ3) is 3.52. The summed E-state index contributed by atoms with van der Waals surface area (Å²) in [5, 5.41) is 13.0. The van der Waals surface area contributed by atoms with Gasteiger partial charge in [0, 0.05) is 0 Å². The second-order valence-electron chi connectivity index (χ2n) is 3.76. The number of carboxylic acids is 1. The molecule has 0 atom stereocenters. The highest BCUT2D eigenvalue weighted by Gasteiger charge is 2.11. The predicted molar refractivity (Wildman–Crippen MR) is 73.8 cm³/mol. The molecular weight excluding hydrogens is 285 g/mol. The van der Waals surface area contributed by atoms with Crippen LogP contribution in [0.3, 0.4) is 0 Å². The van der Waals surface area contributed by atoms with Crippen molar-refractivity contribution in [2.24, 2.45) is 5.10 Å². The van der Waals surface area contributed by atoms with Gasteiger partial charge in [-0.1, -0.05) is 23.7 Å². The summed E-state index contributed by atoms with van der Waals surface area (Å²) < 4.78 is 12.7. The van der Waals surface area contributed by atoms with E-state index in [-0.39, 0.29) is 22.4 Å². The van der Waals surface area contributed by atoms with Gasteiger partial charge in [0.2, 0.25) is 0 Å². The van der Waals surface area contributed by atoms with Gasteiger partial charge in [0.05, 0.1) is 6.21 Å². The number of nitrogens with one attached hydrogen (secondary N) is 1. The Bertz CT molecular complexity index is 659. The highest BCUT2D eigenvalue weighted by atomic mass is 35.5. The average Bonchev–Trinajstić information content (AvgIpc) is 2.41. The molecule has 1 heterocycles. The number of nitrogens with zero attached hydrogens (tertiary/aromatic N) is 2. The molecule has 1 aromatic carbocycles. The van der Waals surface area contributed by atoms with E-state index in [1.807, 2.05) is 0 Å². The predicted octanol–water partition coefficient (Wildman–Crippen LogP) is 3.02. The maximum absolute atomic E-state index is 12.7. The van der Waals surface area contributed by atoms with E-state index in [4.69, 9.17) is 16.7 Å². The first-order chi connectivity index (χ1) is 9.56. The van der Waals surface area contributed by atoms with Gasteiger partial charge in [-0.25, -0.2) is 14.2 Å². The molecule has 0 unspecified atom stereocenters. The van der Waals surface area contributed by atoms with Crippen LogP contribution in [0, 0.1) is 5.82 Å². The van der Waals surface area contributed by atoms with E-state index >= 15 is 0 Å². The first-order valence-corrected chi connectivity index (χ1v) is 5.88. The molecule has 5 nitrogen and oxygen atoms in total. The summed E-state index contributed by atoms with van der Waals surface area (Å²) in [4.78, 5) is 14.8. The molecule has 102 valence electrons. The number of aromatic carboxylic acids is 1. The standard InChI is InChI=1S/C13H9ClFN3O2/c14-11-6-5-10(13(19)20)12(17-11)18-16-7-8-1-3-9(15)4-2-8/h1-7H,(H,17,18)(H,19,20)/b16-7+. The number of rotatable bonds is 4. The Hall–Kier alpha value is -2.47. The lowest BCUT2D eigenvalue weighted by Crippen LogP contribution is -2.04. The molecule has 7 heteroatoms. The van der Waals surface area contributed by atoms with E-state index in [1.54, 1.807) is 0 Å². The van der Waals surface area contributed by atoms with Crippen molar-refractivity contribution in [2.75, 3.05) is 5.43 Å². The van der Waals surface area contributed by atoms with Gasteiger partial charge in [-0.2, -0.15) is 5.10 Å². The van der Waals surface area contributed by atoms with E-state index < -0.39 is 5.97 Å². The number of carboxylic acid groups (broad SMARTS) is 1. The number of carbonyl (C=O) groups is 1. The zero-order chi connectivity index (χ0) is 14.5. The van der Waals surface area contributed by atoms with Crippen LogP contribution in [0.2, 0.25) is 5.15 Å². The number of pyridine rings is 1. The topological polar surface area (TPSA) is 74.6 Å². The van der Waals surface area contributed by atoms with Crippen molar-refractivity contribution in [3.05, 3.63) is 58.5 Å². The molecule has 20 heavy (non-hydrogen) atoms. The van der Waals surface area contributed by atoms with Gasteiger partial charge >= 0.3 is 5.97 Å². The van der Waals surface area contributed by atoms with Gasteiger partial charge in [-0.15, -0.1) is 0 Å². The summed E-state index contributed by atoms with van der Waals surface area (Å²) in [6, 6.07) is 8.35. The minimum Gasteiger partial charge on any atom is -0.478 e. The number of halogens is 2. The molecule has 0 radical (unpaired) electrons. The third-order valence-electron chi connectivity index (χ3n) is 2.35. The molecule has 0 aliphatic heterocycles. The molecule has 0 spiro atoms. The Kier molecular flexibility index (Phi) is 4.27. The average molecular weight is 294 g/mol. The lowest BCUT2D eigenvalue weighted by Gasteiger charge is -2.04. The molecule has 0 fully saturated rings. The molecular formula is C13H9ClFN3O2. The van der Waals surface area contributed by atoms with Crippen LogP contribution in [0.4, 0.5) is 10.2 Å². The molecule has 2 N–H and O–H groups in total. The second-order valence-corrected chi connectivity index (χ2v) is 4.14. The number of benzene rings is 1. The lowest BCUT2D eigenvalue weighted by atomic mass is 10.2. The minimum absolute atomic E-state index is 0.0309. The Morgan fingerprint density at radius 2 is 2.00 bits per heavy atom. The Morgan fingerprint density at radius 1 is 1.30 bits per heavy atom. The van der Waals surface area contributed by atoms with Crippen LogP contribution >= 0.6 is 11.6 Å². The Balaban J connectivity index is 2.16. The van der Waals surface area contributed by atoms with Gasteiger partial charge in [0.1, 0.15) is 16.5 Å². The summed E-state index contributed by atoms with van der Waals surface area (Å²) in [5.41, 5.74) is 3.10. The van der Waals surface area contributed by atoms with Crippen molar-refractivity contribution in [1.82, 2.24) is 4.98 Å². The number of hydrazone groups is 1. The molecule has 0 aliphatic rings. The molecule has 0 saturated carbocycles. The van der Waals surface area contributed by atoms with Crippen LogP contribution in [-0.4, -0.2) is 22.3 Å². The van der Waals surface area contributed by atoms with Gasteiger partial charge in [-0.3, -0.25) is 5.43 Å². The molecule has 2 rings (SSSR count). The number of anilines is 1. The fraction of sp³-hybridized carbons (Fsp3) is 0. The maximum Gasteiger partial charge on any atom is 0.339 e. The van der Waals surface area contributed by atoms with E-state index in [2.05, 4.69) is 15.5 Å². The van der Waals surface area contributed by atoms with Crippen molar-refractivity contribution in [2.45, 2.75) is 0 Å². The van der Waals surface area contributed by atoms with Crippen LogP contribution in [-0.2, 0) is 0 Å². The molecule has 2 aromatic rings. The van der Waals surface area contributed by atoms with Gasteiger partial charge < -0.3 is 5.11 Å². The summed E-state index contributed by atoms with van der Waals surface area (Å²) in [5.74, 6) is -1.46. The quantitative estimate of drug-likeness (QED) is 0.516. The molecule has 1 aromatic heterocycles. The smallest absolute Gasteiger partial charge is 0.339 e. The van der Waals surface area contributed by atoms with Crippen LogP contribution in [0.5, 0.6) is 0 Å². The van der Waals surface area contributed by atoms with Crippen LogP contribution < -0.4 is 5.43 Å². The summed E-state index contributed by atoms with van der Waals surface area (Å²) in [7, 11) is 0. The van der Waals surface area contributed by atoms with E-state index in [9.17, 15) is 9.18 Å². The molecule has 0 amide bonds. The normalized spacial score (nSPS) is 10.7. The zero-order valence-electron chi connectivity index (χ0n) is 10.0. The zero-order valence-corrected chi connectivity index (χ0v) is 10.8. The van der Waals surface area contributed by atoms with E-state index in [0.717, 1.165) is 0 Å². The van der Waals surface area contributed by atoms with Gasteiger partial charge in [-0.05, 0) is 29.8 Å². The van der Waals surface area contributed by atoms with E-state index in [1.165, 1.54) is 42.6 Å². The van der Waals surface area contributed by atoms with Crippen molar-refractivity contribution < 1.29 is 14.3 Å². The lowest BCUT2D eigenvalue weighted by molar-refractivity contribution is 0.0697. The fourth-order valence-corrected chi connectivity index (χ4v) is 1.56. The van der Waals surface area contributed by atoms with Crippen molar-refractivity contribution >= 4 is 29.6 Å².